The normalized spacial score (nSPS) is 34.8. The standard InChI is InChI=1S/C10H13P/c1-9-5-7-11-6-3-2-4-10(11)8-9/h2-6,10H,7-8H2,1H3. The van der Waals surface area contributed by atoms with E-state index in [4.69, 9.17) is 0 Å². The van der Waals surface area contributed by atoms with Gasteiger partial charge in [-0.15, -0.1) is 0 Å². The minimum Gasteiger partial charge on any atom is -0.0810 e. The van der Waals surface area contributed by atoms with Gasteiger partial charge >= 0.3 is 0 Å². The van der Waals surface area contributed by atoms with Crippen molar-refractivity contribution in [1.82, 2.24) is 0 Å². The summed E-state index contributed by atoms with van der Waals surface area (Å²) >= 11 is 0. The molecule has 2 atom stereocenters. The fourth-order valence-corrected chi connectivity index (χ4v) is 3.93. The highest BCUT2D eigenvalue weighted by molar-refractivity contribution is 7.62. The second kappa shape index (κ2) is 2.95. The van der Waals surface area contributed by atoms with Gasteiger partial charge in [-0.2, -0.15) is 0 Å². The first-order chi connectivity index (χ1) is 5.36. The van der Waals surface area contributed by atoms with E-state index in [1.54, 1.807) is 5.57 Å². The number of rotatable bonds is 0. The Morgan fingerprint density at radius 2 is 2.36 bits per heavy atom. The molecule has 58 valence electrons. The van der Waals surface area contributed by atoms with E-state index in [2.05, 4.69) is 37.0 Å². The van der Waals surface area contributed by atoms with E-state index in [0.717, 1.165) is 5.66 Å². The summed E-state index contributed by atoms with van der Waals surface area (Å²) in [5.41, 5.74) is 2.44. The summed E-state index contributed by atoms with van der Waals surface area (Å²) in [4.78, 5) is 0. The van der Waals surface area contributed by atoms with Gasteiger partial charge in [-0.25, -0.2) is 0 Å². The zero-order valence-corrected chi connectivity index (χ0v) is 7.72. The number of hydrogen-bond acceptors (Lipinski definition) is 0. The van der Waals surface area contributed by atoms with Crippen molar-refractivity contribution in [2.24, 2.45) is 0 Å². The Bertz CT molecular complexity index is 235. The predicted octanol–water partition coefficient (Wildman–Crippen LogP) is 3.27. The van der Waals surface area contributed by atoms with Crippen molar-refractivity contribution >= 4 is 7.92 Å². The molecule has 2 aliphatic rings. The first-order valence-corrected chi connectivity index (χ1v) is 5.79. The molecule has 0 nitrogen and oxygen atoms in total. The van der Waals surface area contributed by atoms with Gasteiger partial charge in [-0.05, 0) is 19.5 Å². The summed E-state index contributed by atoms with van der Waals surface area (Å²) < 4.78 is 0. The van der Waals surface area contributed by atoms with Crippen LogP contribution in [0.4, 0.5) is 0 Å². The van der Waals surface area contributed by atoms with Crippen LogP contribution in [0, 0.1) is 0 Å². The van der Waals surface area contributed by atoms with Gasteiger partial charge in [0.25, 0.3) is 0 Å². The molecule has 2 aliphatic heterocycles. The van der Waals surface area contributed by atoms with E-state index in [9.17, 15) is 0 Å². The molecule has 0 N–H and O–H groups in total. The van der Waals surface area contributed by atoms with Gasteiger partial charge in [0.2, 0.25) is 0 Å². The van der Waals surface area contributed by atoms with Crippen molar-refractivity contribution in [2.45, 2.75) is 19.0 Å². The molecule has 0 saturated heterocycles. The summed E-state index contributed by atoms with van der Waals surface area (Å²) in [7, 11) is 0.183. The van der Waals surface area contributed by atoms with Crippen molar-refractivity contribution in [2.75, 3.05) is 6.16 Å². The molecule has 0 spiro atoms. The van der Waals surface area contributed by atoms with Crippen LogP contribution in [-0.2, 0) is 0 Å². The summed E-state index contributed by atoms with van der Waals surface area (Å²) in [6.07, 6.45) is 11.8. The van der Waals surface area contributed by atoms with Gasteiger partial charge in [0.1, 0.15) is 0 Å². The minimum absolute atomic E-state index is 0.183. The van der Waals surface area contributed by atoms with Crippen LogP contribution in [-0.4, -0.2) is 11.8 Å². The topological polar surface area (TPSA) is 0 Å². The van der Waals surface area contributed by atoms with E-state index in [1.165, 1.54) is 12.6 Å². The van der Waals surface area contributed by atoms with E-state index in [0.29, 0.717) is 0 Å². The molecule has 0 aliphatic carbocycles. The molecule has 2 rings (SSSR count). The van der Waals surface area contributed by atoms with Crippen molar-refractivity contribution in [1.29, 1.82) is 0 Å². The zero-order valence-electron chi connectivity index (χ0n) is 6.83. The molecular weight excluding hydrogens is 151 g/mol. The minimum atomic E-state index is 0.183. The second-order valence-electron chi connectivity index (χ2n) is 3.25. The van der Waals surface area contributed by atoms with E-state index in [-0.39, 0.29) is 7.92 Å². The first kappa shape index (κ1) is 7.31. The van der Waals surface area contributed by atoms with Crippen LogP contribution < -0.4 is 0 Å². The third kappa shape index (κ3) is 1.46. The highest BCUT2D eigenvalue weighted by atomic mass is 31.1. The Balaban J connectivity index is 2.18. The maximum absolute atomic E-state index is 2.41. The van der Waals surface area contributed by atoms with Crippen LogP contribution in [0.1, 0.15) is 13.3 Å². The van der Waals surface area contributed by atoms with Crippen LogP contribution in [0.5, 0.6) is 0 Å². The molecule has 0 bridgehead atoms. The van der Waals surface area contributed by atoms with Gasteiger partial charge in [0.05, 0.1) is 0 Å². The predicted molar refractivity (Wildman–Crippen MR) is 52.2 cm³/mol. The molecule has 0 amide bonds. The van der Waals surface area contributed by atoms with Crippen LogP contribution in [0.3, 0.4) is 0 Å². The molecule has 0 saturated carbocycles. The molecule has 2 heterocycles. The van der Waals surface area contributed by atoms with Gasteiger partial charge < -0.3 is 0 Å². The fourth-order valence-electron chi connectivity index (χ4n) is 1.63. The van der Waals surface area contributed by atoms with E-state index < -0.39 is 0 Å². The summed E-state index contributed by atoms with van der Waals surface area (Å²) in [6.45, 7) is 2.25. The Morgan fingerprint density at radius 1 is 1.45 bits per heavy atom. The SMILES string of the molecule is CC1=CCP2C=CC=CC2C1. The maximum Gasteiger partial charge on any atom is 0.00479 e. The average molecular weight is 164 g/mol. The molecule has 1 heteroatoms. The second-order valence-corrected chi connectivity index (χ2v) is 5.60. The van der Waals surface area contributed by atoms with Gasteiger partial charge in [0.15, 0.2) is 0 Å². The molecule has 11 heavy (non-hydrogen) atoms. The first-order valence-electron chi connectivity index (χ1n) is 4.12. The van der Waals surface area contributed by atoms with Gasteiger partial charge in [-0.1, -0.05) is 43.6 Å². The highest BCUT2D eigenvalue weighted by Crippen LogP contribution is 2.50. The summed E-state index contributed by atoms with van der Waals surface area (Å²) in [5.74, 6) is 2.41. The third-order valence-electron chi connectivity index (χ3n) is 2.33. The van der Waals surface area contributed by atoms with Crippen LogP contribution in [0.15, 0.2) is 35.7 Å². The lowest BCUT2D eigenvalue weighted by atomic mass is 10.1. The lowest BCUT2D eigenvalue weighted by Crippen LogP contribution is -2.09. The summed E-state index contributed by atoms with van der Waals surface area (Å²) in [5, 5.41) is 0. The lowest BCUT2D eigenvalue weighted by molar-refractivity contribution is 0.961. The highest BCUT2D eigenvalue weighted by Gasteiger charge is 2.20. The number of allylic oxidation sites excluding steroid dienone is 5. The van der Waals surface area contributed by atoms with E-state index in [1.807, 2.05) is 0 Å². The van der Waals surface area contributed by atoms with Crippen LogP contribution in [0.25, 0.3) is 0 Å². The fraction of sp³-hybridized carbons (Fsp3) is 0.400. The monoisotopic (exact) mass is 164 g/mol. The molecule has 2 unspecified atom stereocenters. The Labute approximate surface area is 69.4 Å². The summed E-state index contributed by atoms with van der Waals surface area (Å²) in [6, 6.07) is 0. The Kier molecular flexibility index (Phi) is 1.96. The van der Waals surface area contributed by atoms with Crippen molar-refractivity contribution in [3.8, 4) is 0 Å². The van der Waals surface area contributed by atoms with Gasteiger partial charge in [-0.3, -0.25) is 0 Å². The van der Waals surface area contributed by atoms with E-state index >= 15 is 0 Å². The number of hydrogen-bond donors (Lipinski definition) is 0. The molecule has 0 radical (unpaired) electrons. The quantitative estimate of drug-likeness (QED) is 0.380. The number of fused-ring (bicyclic) bond motifs is 1. The largest absolute Gasteiger partial charge is 0.0810 e. The molecular formula is C10H13P. The smallest absolute Gasteiger partial charge is 0.00479 e. The van der Waals surface area contributed by atoms with Crippen molar-refractivity contribution in [3.63, 3.8) is 0 Å². The van der Waals surface area contributed by atoms with Gasteiger partial charge in [0, 0.05) is 5.66 Å². The maximum atomic E-state index is 2.41. The molecule has 0 fully saturated rings. The van der Waals surface area contributed by atoms with Crippen LogP contribution >= 0.6 is 7.92 Å². The zero-order chi connectivity index (χ0) is 7.68. The molecule has 0 aromatic rings. The molecule has 0 aromatic carbocycles. The molecule has 0 aromatic heterocycles. The third-order valence-corrected chi connectivity index (χ3v) is 4.70. The van der Waals surface area contributed by atoms with Crippen molar-refractivity contribution < 1.29 is 0 Å². The lowest BCUT2D eigenvalue weighted by Gasteiger charge is -2.28. The Morgan fingerprint density at radius 3 is 3.27 bits per heavy atom. The Hall–Kier alpha value is -0.350. The van der Waals surface area contributed by atoms with Crippen molar-refractivity contribution in [3.05, 3.63) is 35.7 Å². The average Bonchev–Trinajstić information content (AvgIpc) is 2.04. The van der Waals surface area contributed by atoms with Crippen LogP contribution in [0.2, 0.25) is 0 Å².